The van der Waals surface area contributed by atoms with E-state index in [0.717, 1.165) is 20.7 Å². The third-order valence-corrected chi connectivity index (χ3v) is 9.38. The predicted octanol–water partition coefficient (Wildman–Crippen LogP) is 3.89. The van der Waals surface area contributed by atoms with Gasteiger partial charge in [0.25, 0.3) is 5.91 Å². The summed E-state index contributed by atoms with van der Waals surface area (Å²) in [7, 11) is -3.66. The van der Waals surface area contributed by atoms with Crippen LogP contribution in [0, 0.1) is 25.2 Å². The third-order valence-electron chi connectivity index (χ3n) is 5.74. The molecular weight excluding hydrogens is 474 g/mol. The van der Waals surface area contributed by atoms with Crippen molar-refractivity contribution in [3.8, 4) is 12.3 Å². The van der Waals surface area contributed by atoms with E-state index in [1.807, 2.05) is 29.9 Å². The number of aryl methyl sites for hydroxylation is 1. The van der Waals surface area contributed by atoms with Crippen LogP contribution in [-0.2, 0) is 21.4 Å². The Hall–Kier alpha value is -2.38. The van der Waals surface area contributed by atoms with Crippen molar-refractivity contribution in [3.05, 3.63) is 52.8 Å². The average Bonchev–Trinajstić information content (AvgIpc) is 3.15. The van der Waals surface area contributed by atoms with Crippen LogP contribution in [0.4, 0.5) is 0 Å². The van der Waals surface area contributed by atoms with E-state index in [4.69, 9.17) is 6.42 Å². The minimum absolute atomic E-state index is 0.134. The molecule has 0 bridgehead atoms. The lowest BCUT2D eigenvalue weighted by Gasteiger charge is -2.30. The summed E-state index contributed by atoms with van der Waals surface area (Å²) >= 11 is 3.07. The smallest absolute Gasteiger partial charge is 0.252 e. The first-order chi connectivity index (χ1) is 15.8. The highest BCUT2D eigenvalue weighted by Gasteiger charge is 2.33. The van der Waals surface area contributed by atoms with Gasteiger partial charge in [-0.25, -0.2) is 8.42 Å². The van der Waals surface area contributed by atoms with Crippen molar-refractivity contribution in [2.24, 2.45) is 10.9 Å². The SMILES string of the molecule is C#CCn1c(=NC(=O)C2CCCN(S(=O)(=O)c3ccc(C)cc3)C2)sc2cc(SC)ccc21. The molecule has 9 heteroatoms. The molecule has 0 spiro atoms. The largest absolute Gasteiger partial charge is 0.305 e. The Balaban J connectivity index is 1.63. The first-order valence-corrected chi connectivity index (χ1v) is 14.1. The zero-order valence-electron chi connectivity index (χ0n) is 18.5. The number of hydrogen-bond donors (Lipinski definition) is 0. The normalized spacial score (nSPS) is 17.8. The lowest BCUT2D eigenvalue weighted by molar-refractivity contribution is -0.122. The van der Waals surface area contributed by atoms with E-state index in [1.54, 1.807) is 36.0 Å². The van der Waals surface area contributed by atoms with Crippen molar-refractivity contribution in [2.45, 2.75) is 36.1 Å². The fourth-order valence-electron chi connectivity index (χ4n) is 3.92. The van der Waals surface area contributed by atoms with E-state index in [0.29, 0.717) is 30.7 Å². The topological polar surface area (TPSA) is 71.7 Å². The molecule has 0 radical (unpaired) electrons. The Morgan fingerprint density at radius 1 is 1.27 bits per heavy atom. The first kappa shape index (κ1) is 23.8. The van der Waals surface area contributed by atoms with Gasteiger partial charge < -0.3 is 4.57 Å². The summed E-state index contributed by atoms with van der Waals surface area (Å²) in [6.45, 7) is 2.76. The van der Waals surface area contributed by atoms with Gasteiger partial charge >= 0.3 is 0 Å². The second-order valence-electron chi connectivity index (χ2n) is 7.97. The molecular formula is C24H25N3O3S3. The van der Waals surface area contributed by atoms with Crippen LogP contribution in [0.2, 0.25) is 0 Å². The molecule has 6 nitrogen and oxygen atoms in total. The molecule has 1 unspecified atom stereocenters. The summed E-state index contributed by atoms with van der Waals surface area (Å²) in [6.07, 6.45) is 8.81. The summed E-state index contributed by atoms with van der Waals surface area (Å²) in [5.41, 5.74) is 1.93. The minimum Gasteiger partial charge on any atom is -0.305 e. The number of carbonyl (C=O) groups excluding carboxylic acids is 1. The second-order valence-corrected chi connectivity index (χ2v) is 11.8. The van der Waals surface area contributed by atoms with E-state index < -0.39 is 15.9 Å². The van der Waals surface area contributed by atoms with E-state index in [-0.39, 0.29) is 17.3 Å². The number of thioether (sulfide) groups is 1. The number of thiazole rings is 1. The molecule has 1 fully saturated rings. The predicted molar refractivity (Wildman–Crippen MR) is 134 cm³/mol. The van der Waals surface area contributed by atoms with Gasteiger partial charge in [-0.1, -0.05) is 35.0 Å². The summed E-state index contributed by atoms with van der Waals surface area (Å²) in [4.78, 5) is 19.5. The summed E-state index contributed by atoms with van der Waals surface area (Å²) in [6, 6.07) is 12.9. The monoisotopic (exact) mass is 499 g/mol. The Kier molecular flexibility index (Phi) is 7.10. The molecule has 4 rings (SSSR count). The van der Waals surface area contributed by atoms with Crippen LogP contribution in [-0.4, -0.2) is 42.5 Å². The van der Waals surface area contributed by atoms with Gasteiger partial charge in [0.05, 0.1) is 27.6 Å². The average molecular weight is 500 g/mol. The number of aromatic nitrogens is 1. The van der Waals surface area contributed by atoms with Crippen molar-refractivity contribution in [3.63, 3.8) is 0 Å². The van der Waals surface area contributed by atoms with Crippen molar-refractivity contribution >= 4 is 49.2 Å². The molecule has 0 N–H and O–H groups in total. The van der Waals surface area contributed by atoms with Gasteiger partial charge in [0.1, 0.15) is 0 Å². The minimum atomic E-state index is -3.66. The van der Waals surface area contributed by atoms with Crippen molar-refractivity contribution < 1.29 is 13.2 Å². The molecule has 3 aromatic rings. The van der Waals surface area contributed by atoms with Crippen molar-refractivity contribution in [1.29, 1.82) is 0 Å². The Morgan fingerprint density at radius 3 is 2.73 bits per heavy atom. The van der Waals surface area contributed by atoms with E-state index in [2.05, 4.69) is 17.0 Å². The molecule has 172 valence electrons. The molecule has 2 aromatic carbocycles. The molecule has 1 aromatic heterocycles. The second kappa shape index (κ2) is 9.85. The quantitative estimate of drug-likeness (QED) is 0.394. The number of nitrogens with zero attached hydrogens (tertiary/aromatic N) is 3. The number of hydrogen-bond acceptors (Lipinski definition) is 5. The Morgan fingerprint density at radius 2 is 2.03 bits per heavy atom. The van der Waals surface area contributed by atoms with Gasteiger partial charge in [-0.2, -0.15) is 9.30 Å². The molecule has 1 aliphatic rings. The van der Waals surface area contributed by atoms with Gasteiger partial charge in [-0.3, -0.25) is 4.79 Å². The number of terminal acetylenes is 1. The summed E-state index contributed by atoms with van der Waals surface area (Å²) < 4.78 is 30.5. The Labute approximate surface area is 202 Å². The fourth-order valence-corrected chi connectivity index (χ4v) is 7.03. The number of fused-ring (bicyclic) bond motifs is 1. The molecule has 1 atom stereocenters. The molecule has 33 heavy (non-hydrogen) atoms. The summed E-state index contributed by atoms with van der Waals surface area (Å²) in [5, 5.41) is 0. The Bertz CT molecular complexity index is 1400. The molecule has 1 aliphatic heterocycles. The molecule has 0 saturated carbocycles. The molecule has 1 saturated heterocycles. The van der Waals surface area contributed by atoms with E-state index in [9.17, 15) is 13.2 Å². The third kappa shape index (κ3) is 4.94. The van der Waals surface area contributed by atoms with Gasteiger partial charge in [0, 0.05) is 18.0 Å². The van der Waals surface area contributed by atoms with Crippen LogP contribution in [0.3, 0.4) is 0 Å². The lowest BCUT2D eigenvalue weighted by Crippen LogP contribution is -2.42. The highest BCUT2D eigenvalue weighted by Crippen LogP contribution is 2.26. The number of benzene rings is 2. The van der Waals surface area contributed by atoms with Gasteiger partial charge in [0.15, 0.2) is 4.80 Å². The highest BCUT2D eigenvalue weighted by atomic mass is 32.2. The number of sulfonamides is 1. The maximum absolute atomic E-state index is 13.1. The zero-order valence-corrected chi connectivity index (χ0v) is 21.0. The van der Waals surface area contributed by atoms with Crippen LogP contribution < -0.4 is 4.80 Å². The molecule has 0 aliphatic carbocycles. The van der Waals surface area contributed by atoms with E-state index in [1.165, 1.54) is 15.6 Å². The van der Waals surface area contributed by atoms with Gasteiger partial charge in [-0.15, -0.1) is 18.2 Å². The van der Waals surface area contributed by atoms with Crippen LogP contribution >= 0.6 is 23.1 Å². The zero-order chi connectivity index (χ0) is 23.6. The lowest BCUT2D eigenvalue weighted by atomic mass is 9.99. The highest BCUT2D eigenvalue weighted by molar-refractivity contribution is 7.98. The summed E-state index contributed by atoms with van der Waals surface area (Å²) in [5.74, 6) is 1.85. The van der Waals surface area contributed by atoms with Crippen LogP contribution in [0.1, 0.15) is 18.4 Å². The van der Waals surface area contributed by atoms with E-state index >= 15 is 0 Å². The van der Waals surface area contributed by atoms with Crippen LogP contribution in [0.25, 0.3) is 10.2 Å². The maximum Gasteiger partial charge on any atom is 0.252 e. The number of rotatable bonds is 5. The van der Waals surface area contributed by atoms with Crippen LogP contribution in [0.5, 0.6) is 0 Å². The van der Waals surface area contributed by atoms with Crippen molar-refractivity contribution in [1.82, 2.24) is 8.87 Å². The van der Waals surface area contributed by atoms with Crippen LogP contribution in [0.15, 0.2) is 57.2 Å². The maximum atomic E-state index is 13.1. The first-order valence-electron chi connectivity index (χ1n) is 10.6. The molecule has 1 amide bonds. The number of carbonyl (C=O) groups is 1. The number of piperidine rings is 1. The van der Waals surface area contributed by atoms with Gasteiger partial charge in [0.2, 0.25) is 10.0 Å². The number of amides is 1. The standard InChI is InChI=1S/C24H25N3O3S3/c1-4-13-27-21-12-9-19(31-3)15-22(21)32-24(27)25-23(28)18-6-5-14-26(16-18)33(29,30)20-10-7-17(2)8-11-20/h1,7-12,15,18H,5-6,13-14,16H2,2-3H3. The van der Waals surface area contributed by atoms with Crippen molar-refractivity contribution in [2.75, 3.05) is 19.3 Å². The molecule has 2 heterocycles. The fraction of sp³-hybridized carbons (Fsp3) is 0.333. The van der Waals surface area contributed by atoms with Gasteiger partial charge in [-0.05, 0) is 56.4 Å².